The summed E-state index contributed by atoms with van der Waals surface area (Å²) in [6, 6.07) is -0.414. The van der Waals surface area contributed by atoms with Crippen LogP contribution in [0.1, 0.15) is 33.1 Å². The summed E-state index contributed by atoms with van der Waals surface area (Å²) in [6.07, 6.45) is 2.12. The second kappa shape index (κ2) is 6.00. The molecular weight excluding hydrogens is 218 g/mol. The van der Waals surface area contributed by atoms with Gasteiger partial charge in [-0.3, -0.25) is 9.59 Å². The first kappa shape index (κ1) is 14.0. The van der Waals surface area contributed by atoms with Crippen LogP contribution in [0.5, 0.6) is 0 Å². The summed E-state index contributed by atoms with van der Waals surface area (Å²) in [5, 5.41) is 0. The highest BCUT2D eigenvalue weighted by atomic mass is 16.2. The van der Waals surface area contributed by atoms with E-state index >= 15 is 0 Å². The van der Waals surface area contributed by atoms with Crippen molar-refractivity contribution in [1.82, 2.24) is 4.90 Å². The fraction of sp³-hybridized carbons (Fsp3) is 0.833. The molecule has 0 spiro atoms. The van der Waals surface area contributed by atoms with E-state index in [1.807, 2.05) is 18.7 Å². The number of primary amides is 1. The largest absolute Gasteiger partial charge is 0.370 e. The summed E-state index contributed by atoms with van der Waals surface area (Å²) in [6.45, 7) is 5.28. The molecule has 5 nitrogen and oxygen atoms in total. The van der Waals surface area contributed by atoms with Gasteiger partial charge in [0.1, 0.15) is 0 Å². The number of nitrogens with zero attached hydrogens (tertiary/aromatic N) is 1. The fourth-order valence-electron chi connectivity index (χ4n) is 2.14. The van der Waals surface area contributed by atoms with Gasteiger partial charge in [0, 0.05) is 19.5 Å². The van der Waals surface area contributed by atoms with Crippen LogP contribution in [0.3, 0.4) is 0 Å². The van der Waals surface area contributed by atoms with Crippen molar-refractivity contribution in [3.05, 3.63) is 0 Å². The third kappa shape index (κ3) is 4.00. The number of rotatable bonds is 4. The molecule has 98 valence electrons. The lowest BCUT2D eigenvalue weighted by Crippen LogP contribution is -2.49. The molecule has 1 heterocycles. The molecule has 5 heteroatoms. The summed E-state index contributed by atoms with van der Waals surface area (Å²) in [5.74, 6) is 0.254. The van der Waals surface area contributed by atoms with E-state index in [2.05, 4.69) is 0 Å². The first-order valence-corrected chi connectivity index (χ1v) is 6.24. The molecule has 0 bridgehead atoms. The van der Waals surface area contributed by atoms with Crippen LogP contribution in [-0.4, -0.2) is 35.8 Å². The molecule has 1 atom stereocenters. The van der Waals surface area contributed by atoms with Gasteiger partial charge in [-0.15, -0.1) is 0 Å². The molecule has 0 radical (unpaired) electrons. The highest BCUT2D eigenvalue weighted by Gasteiger charge is 2.28. The minimum absolute atomic E-state index is 0.0255. The van der Waals surface area contributed by atoms with E-state index in [1.165, 1.54) is 0 Å². The SMILES string of the molecule is CC(C)[C@H](N)C(=O)N1CCC(CC(N)=O)CC1. The molecule has 1 fully saturated rings. The predicted molar refractivity (Wildman–Crippen MR) is 65.9 cm³/mol. The van der Waals surface area contributed by atoms with Crippen molar-refractivity contribution in [3.8, 4) is 0 Å². The molecule has 1 rings (SSSR count). The molecule has 17 heavy (non-hydrogen) atoms. The quantitative estimate of drug-likeness (QED) is 0.730. The Balaban J connectivity index is 2.41. The molecule has 2 amide bonds. The van der Waals surface area contributed by atoms with Crippen molar-refractivity contribution in [3.63, 3.8) is 0 Å². The predicted octanol–water partition coefficient (Wildman–Crippen LogP) is 0.0837. The number of hydrogen-bond acceptors (Lipinski definition) is 3. The molecule has 0 aromatic rings. The van der Waals surface area contributed by atoms with E-state index in [9.17, 15) is 9.59 Å². The Kier molecular flexibility index (Phi) is 4.93. The molecule has 0 aliphatic carbocycles. The van der Waals surface area contributed by atoms with Gasteiger partial charge in [-0.25, -0.2) is 0 Å². The first-order valence-electron chi connectivity index (χ1n) is 6.24. The normalized spacial score (nSPS) is 19.4. The van der Waals surface area contributed by atoms with Gasteiger partial charge in [-0.05, 0) is 24.7 Å². The Morgan fingerprint density at radius 1 is 1.29 bits per heavy atom. The number of hydrogen-bond donors (Lipinski definition) is 2. The molecule has 0 saturated carbocycles. The van der Waals surface area contributed by atoms with Gasteiger partial charge in [-0.1, -0.05) is 13.8 Å². The van der Waals surface area contributed by atoms with Gasteiger partial charge < -0.3 is 16.4 Å². The zero-order valence-electron chi connectivity index (χ0n) is 10.7. The second-order valence-electron chi connectivity index (χ2n) is 5.21. The van der Waals surface area contributed by atoms with E-state index < -0.39 is 6.04 Å². The number of piperidine rings is 1. The van der Waals surface area contributed by atoms with Crippen molar-refractivity contribution in [2.75, 3.05) is 13.1 Å². The van der Waals surface area contributed by atoms with Crippen LogP contribution in [-0.2, 0) is 9.59 Å². The fourth-order valence-corrected chi connectivity index (χ4v) is 2.14. The Bertz CT molecular complexity index is 283. The van der Waals surface area contributed by atoms with E-state index in [0.717, 1.165) is 12.8 Å². The minimum atomic E-state index is -0.414. The topological polar surface area (TPSA) is 89.4 Å². The van der Waals surface area contributed by atoms with E-state index in [4.69, 9.17) is 11.5 Å². The summed E-state index contributed by atoms with van der Waals surface area (Å²) in [4.78, 5) is 24.6. The third-order valence-corrected chi connectivity index (χ3v) is 3.42. The average molecular weight is 241 g/mol. The number of carbonyl (C=O) groups is 2. The number of amides is 2. The van der Waals surface area contributed by atoms with Crippen LogP contribution in [0.15, 0.2) is 0 Å². The van der Waals surface area contributed by atoms with Gasteiger partial charge in [0.25, 0.3) is 0 Å². The molecule has 4 N–H and O–H groups in total. The maximum absolute atomic E-state index is 12.0. The van der Waals surface area contributed by atoms with Crippen LogP contribution in [0.25, 0.3) is 0 Å². The van der Waals surface area contributed by atoms with Crippen LogP contribution in [0, 0.1) is 11.8 Å². The summed E-state index contributed by atoms with van der Waals surface area (Å²) >= 11 is 0. The van der Waals surface area contributed by atoms with Gasteiger partial charge in [0.05, 0.1) is 6.04 Å². The molecule has 0 aromatic heterocycles. The highest BCUT2D eigenvalue weighted by molar-refractivity contribution is 5.82. The number of likely N-dealkylation sites (tertiary alicyclic amines) is 1. The lowest BCUT2D eigenvalue weighted by molar-refractivity contribution is -0.135. The maximum atomic E-state index is 12.0. The zero-order chi connectivity index (χ0) is 13.0. The monoisotopic (exact) mass is 241 g/mol. The zero-order valence-corrected chi connectivity index (χ0v) is 10.7. The van der Waals surface area contributed by atoms with Gasteiger partial charge >= 0.3 is 0 Å². The number of carbonyl (C=O) groups excluding carboxylic acids is 2. The number of nitrogens with two attached hydrogens (primary N) is 2. The molecule has 1 aliphatic heterocycles. The molecule has 0 unspecified atom stereocenters. The highest BCUT2D eigenvalue weighted by Crippen LogP contribution is 2.21. The summed E-state index contributed by atoms with van der Waals surface area (Å²) < 4.78 is 0. The Morgan fingerprint density at radius 2 is 1.82 bits per heavy atom. The van der Waals surface area contributed by atoms with Crippen molar-refractivity contribution in [2.45, 2.75) is 39.2 Å². The Morgan fingerprint density at radius 3 is 2.24 bits per heavy atom. The second-order valence-corrected chi connectivity index (χ2v) is 5.21. The van der Waals surface area contributed by atoms with Crippen LogP contribution in [0.4, 0.5) is 0 Å². The van der Waals surface area contributed by atoms with E-state index in [0.29, 0.717) is 25.4 Å². The van der Waals surface area contributed by atoms with Crippen molar-refractivity contribution in [2.24, 2.45) is 23.3 Å². The van der Waals surface area contributed by atoms with Crippen molar-refractivity contribution >= 4 is 11.8 Å². The van der Waals surface area contributed by atoms with Crippen molar-refractivity contribution < 1.29 is 9.59 Å². The van der Waals surface area contributed by atoms with Crippen LogP contribution in [0.2, 0.25) is 0 Å². The summed E-state index contributed by atoms with van der Waals surface area (Å²) in [7, 11) is 0. The first-order chi connectivity index (χ1) is 7.91. The standard InChI is InChI=1S/C12H23N3O2/c1-8(2)11(14)12(17)15-5-3-9(4-6-15)7-10(13)16/h8-9,11H,3-7,14H2,1-2H3,(H2,13,16)/t11-/m0/s1. The lowest BCUT2D eigenvalue weighted by Gasteiger charge is -2.33. The van der Waals surface area contributed by atoms with Gasteiger partial charge in [-0.2, -0.15) is 0 Å². The van der Waals surface area contributed by atoms with Gasteiger partial charge in [0.15, 0.2) is 0 Å². The van der Waals surface area contributed by atoms with E-state index in [1.54, 1.807) is 0 Å². The molecule has 0 aromatic carbocycles. The maximum Gasteiger partial charge on any atom is 0.239 e. The van der Waals surface area contributed by atoms with Gasteiger partial charge in [0.2, 0.25) is 11.8 Å². The van der Waals surface area contributed by atoms with Crippen molar-refractivity contribution in [1.29, 1.82) is 0 Å². The smallest absolute Gasteiger partial charge is 0.239 e. The summed E-state index contributed by atoms with van der Waals surface area (Å²) in [5.41, 5.74) is 11.0. The van der Waals surface area contributed by atoms with E-state index in [-0.39, 0.29) is 17.7 Å². The Hall–Kier alpha value is -1.10. The lowest BCUT2D eigenvalue weighted by atomic mass is 9.92. The average Bonchev–Trinajstić information content (AvgIpc) is 2.27. The minimum Gasteiger partial charge on any atom is -0.370 e. The molecule has 1 saturated heterocycles. The Labute approximate surface area is 103 Å². The van der Waals surface area contributed by atoms with Crippen LogP contribution >= 0.6 is 0 Å². The molecular formula is C12H23N3O2. The third-order valence-electron chi connectivity index (χ3n) is 3.42. The van der Waals surface area contributed by atoms with Crippen LogP contribution < -0.4 is 11.5 Å². The molecule has 1 aliphatic rings.